The second-order valence-corrected chi connectivity index (χ2v) is 7.44. The van der Waals surface area contributed by atoms with Gasteiger partial charge in [0.05, 0.1) is 30.7 Å². The topological polar surface area (TPSA) is 86.9 Å². The Kier molecular flexibility index (Phi) is 5.61. The monoisotopic (exact) mass is 452 g/mol. The van der Waals surface area contributed by atoms with Crippen molar-refractivity contribution in [2.45, 2.75) is 38.0 Å². The third-order valence-electron chi connectivity index (χ3n) is 5.30. The predicted molar refractivity (Wildman–Crippen MR) is 104 cm³/mol. The number of amides is 1. The predicted octanol–water partition coefficient (Wildman–Crippen LogP) is 3.50. The van der Waals surface area contributed by atoms with Gasteiger partial charge in [-0.1, -0.05) is 0 Å². The molecule has 3 aromatic heterocycles. The van der Waals surface area contributed by atoms with Gasteiger partial charge in [0.2, 0.25) is 5.88 Å². The highest BCUT2D eigenvalue weighted by atomic mass is 19.4. The van der Waals surface area contributed by atoms with Crippen molar-refractivity contribution in [1.29, 1.82) is 0 Å². The van der Waals surface area contributed by atoms with Crippen molar-refractivity contribution >= 4 is 5.91 Å². The molecule has 0 radical (unpaired) electrons. The fourth-order valence-corrected chi connectivity index (χ4v) is 3.70. The number of nitrogens with zero attached hydrogens (tertiary/aromatic N) is 5. The Morgan fingerprint density at radius 2 is 2.00 bits per heavy atom. The van der Waals surface area contributed by atoms with Crippen molar-refractivity contribution in [3.05, 3.63) is 47.3 Å². The molecule has 1 unspecified atom stereocenters. The van der Waals surface area contributed by atoms with Crippen LogP contribution in [0.1, 0.15) is 47.2 Å². The van der Waals surface area contributed by atoms with E-state index < -0.39 is 29.6 Å². The summed E-state index contributed by atoms with van der Waals surface area (Å²) in [4.78, 5) is 16.6. The molecule has 0 aromatic carbocycles. The van der Waals surface area contributed by atoms with E-state index in [0.29, 0.717) is 30.4 Å². The minimum Gasteiger partial charge on any atom is -0.481 e. The van der Waals surface area contributed by atoms with E-state index in [1.165, 1.54) is 20.2 Å². The highest BCUT2D eigenvalue weighted by Crippen LogP contribution is 2.32. The Hall–Kier alpha value is -3.44. The zero-order valence-electron chi connectivity index (χ0n) is 17.3. The van der Waals surface area contributed by atoms with Crippen LogP contribution in [0, 0.1) is 5.82 Å². The first-order valence-electron chi connectivity index (χ1n) is 9.87. The number of ether oxygens (including phenoxy) is 1. The van der Waals surface area contributed by atoms with Crippen LogP contribution in [-0.4, -0.2) is 37.6 Å². The van der Waals surface area contributed by atoms with Crippen molar-refractivity contribution in [2.24, 2.45) is 7.05 Å². The van der Waals surface area contributed by atoms with Crippen LogP contribution >= 0.6 is 0 Å². The number of carbonyl (C=O) groups is 1. The molecule has 3 aromatic rings. The van der Waals surface area contributed by atoms with Gasteiger partial charge >= 0.3 is 6.18 Å². The Labute approximate surface area is 180 Å². The number of carbonyl (C=O) groups excluding carboxylic acids is 1. The number of nitrogens with one attached hydrogen (secondary N) is 1. The largest absolute Gasteiger partial charge is 0.481 e. The first kappa shape index (κ1) is 21.8. The maximum absolute atomic E-state index is 14.4. The molecule has 0 saturated heterocycles. The molecule has 0 fully saturated rings. The summed E-state index contributed by atoms with van der Waals surface area (Å²) < 4.78 is 60.8. The molecule has 170 valence electrons. The van der Waals surface area contributed by atoms with Gasteiger partial charge in [0, 0.05) is 31.3 Å². The van der Waals surface area contributed by atoms with Crippen LogP contribution in [0.4, 0.5) is 17.6 Å². The van der Waals surface area contributed by atoms with E-state index >= 15 is 0 Å². The smallest absolute Gasteiger partial charge is 0.435 e. The Bertz CT molecular complexity index is 1150. The summed E-state index contributed by atoms with van der Waals surface area (Å²) >= 11 is 0. The standard InChI is InChI=1S/C20H20F4N6O2/c1-29-16(9-17(28-29)20(22,23)24)19(31)26-13-5-3-4-6-30-15(13)8-14(27-30)11-7-18(32-2)25-10-12(11)21/h7-10,13H,3-6H2,1-2H3,(H,26,31). The quantitative estimate of drug-likeness (QED) is 0.613. The molecule has 32 heavy (non-hydrogen) atoms. The van der Waals surface area contributed by atoms with Gasteiger partial charge in [-0.05, 0) is 25.3 Å². The molecule has 0 spiro atoms. The van der Waals surface area contributed by atoms with Crippen LogP contribution < -0.4 is 10.1 Å². The normalized spacial score (nSPS) is 16.4. The van der Waals surface area contributed by atoms with Gasteiger partial charge in [0.1, 0.15) is 5.69 Å². The number of halogens is 4. The van der Waals surface area contributed by atoms with Crippen molar-refractivity contribution in [2.75, 3.05) is 7.11 Å². The minimum atomic E-state index is -4.65. The molecule has 12 heteroatoms. The van der Waals surface area contributed by atoms with Crippen LogP contribution in [-0.2, 0) is 19.8 Å². The van der Waals surface area contributed by atoms with Crippen LogP contribution in [0.2, 0.25) is 0 Å². The van der Waals surface area contributed by atoms with Crippen LogP contribution in [0.15, 0.2) is 24.4 Å². The molecular weight excluding hydrogens is 432 g/mol. The second-order valence-electron chi connectivity index (χ2n) is 7.44. The van der Waals surface area contributed by atoms with Gasteiger partial charge in [-0.15, -0.1) is 0 Å². The fourth-order valence-electron chi connectivity index (χ4n) is 3.70. The van der Waals surface area contributed by atoms with Crippen molar-refractivity contribution < 1.29 is 27.1 Å². The highest BCUT2D eigenvalue weighted by Gasteiger charge is 2.36. The molecule has 1 aliphatic heterocycles. The summed E-state index contributed by atoms with van der Waals surface area (Å²) in [6.45, 7) is 0.565. The number of pyridine rings is 1. The summed E-state index contributed by atoms with van der Waals surface area (Å²) in [5.74, 6) is -1.03. The molecule has 1 amide bonds. The average molecular weight is 452 g/mol. The maximum Gasteiger partial charge on any atom is 0.435 e. The van der Waals surface area contributed by atoms with E-state index in [2.05, 4.69) is 20.5 Å². The number of aromatic nitrogens is 5. The van der Waals surface area contributed by atoms with E-state index in [0.717, 1.165) is 23.7 Å². The molecule has 0 aliphatic carbocycles. The number of alkyl halides is 3. The molecule has 0 bridgehead atoms. The SMILES string of the molecule is COc1cc(-c2cc3n(n2)CCCCC3NC(=O)c2cc(C(F)(F)F)nn2C)c(F)cn1. The number of methoxy groups -OCH3 is 1. The Balaban J connectivity index is 1.64. The van der Waals surface area contributed by atoms with Gasteiger partial charge < -0.3 is 10.1 Å². The summed E-state index contributed by atoms with van der Waals surface area (Å²) in [7, 11) is 2.69. The highest BCUT2D eigenvalue weighted by molar-refractivity contribution is 5.93. The Morgan fingerprint density at radius 1 is 1.22 bits per heavy atom. The lowest BCUT2D eigenvalue weighted by Gasteiger charge is -2.17. The van der Waals surface area contributed by atoms with Gasteiger partial charge in [-0.3, -0.25) is 14.2 Å². The lowest BCUT2D eigenvalue weighted by atomic mass is 10.1. The number of rotatable bonds is 4. The summed E-state index contributed by atoms with van der Waals surface area (Å²) in [5.41, 5.74) is -0.166. The van der Waals surface area contributed by atoms with Crippen molar-refractivity contribution in [3.8, 4) is 17.1 Å². The van der Waals surface area contributed by atoms with E-state index in [1.807, 2.05) is 0 Å². The summed E-state index contributed by atoms with van der Waals surface area (Å²) in [6.07, 6.45) is -1.49. The maximum atomic E-state index is 14.4. The van der Waals surface area contributed by atoms with E-state index in [-0.39, 0.29) is 17.1 Å². The minimum absolute atomic E-state index is 0.198. The molecule has 8 nitrogen and oxygen atoms in total. The number of hydrogen-bond acceptors (Lipinski definition) is 5. The lowest BCUT2D eigenvalue weighted by Crippen LogP contribution is -2.30. The average Bonchev–Trinajstić information content (AvgIpc) is 3.29. The fraction of sp³-hybridized carbons (Fsp3) is 0.400. The van der Waals surface area contributed by atoms with Gasteiger partial charge in [0.15, 0.2) is 11.5 Å². The van der Waals surface area contributed by atoms with Crippen molar-refractivity contribution in [1.82, 2.24) is 29.9 Å². The van der Waals surface area contributed by atoms with E-state index in [1.54, 1.807) is 10.7 Å². The van der Waals surface area contributed by atoms with E-state index in [4.69, 9.17) is 4.74 Å². The zero-order chi connectivity index (χ0) is 23.0. The molecule has 1 N–H and O–H groups in total. The summed E-state index contributed by atoms with van der Waals surface area (Å²) in [6, 6.07) is 3.30. The third-order valence-corrected chi connectivity index (χ3v) is 5.30. The molecule has 1 atom stereocenters. The number of hydrogen-bond donors (Lipinski definition) is 1. The summed E-state index contributed by atoms with van der Waals surface area (Å²) in [5, 5.41) is 10.6. The van der Waals surface area contributed by atoms with Gasteiger partial charge in [-0.25, -0.2) is 9.37 Å². The molecular formula is C20H20F4N6O2. The van der Waals surface area contributed by atoms with Crippen LogP contribution in [0.3, 0.4) is 0 Å². The second kappa shape index (κ2) is 8.24. The van der Waals surface area contributed by atoms with Crippen LogP contribution in [0.5, 0.6) is 5.88 Å². The zero-order valence-corrected chi connectivity index (χ0v) is 17.3. The van der Waals surface area contributed by atoms with Gasteiger partial charge in [0.25, 0.3) is 5.91 Å². The number of fused-ring (bicyclic) bond motifs is 1. The lowest BCUT2D eigenvalue weighted by molar-refractivity contribution is -0.141. The molecule has 4 heterocycles. The number of aryl methyl sites for hydroxylation is 2. The van der Waals surface area contributed by atoms with Gasteiger partial charge in [-0.2, -0.15) is 23.4 Å². The first-order valence-corrected chi connectivity index (χ1v) is 9.87. The van der Waals surface area contributed by atoms with Crippen molar-refractivity contribution in [3.63, 3.8) is 0 Å². The third kappa shape index (κ3) is 4.16. The first-order chi connectivity index (χ1) is 15.2. The van der Waals surface area contributed by atoms with E-state index in [9.17, 15) is 22.4 Å². The molecule has 4 rings (SSSR count). The Morgan fingerprint density at radius 3 is 2.69 bits per heavy atom. The molecule has 0 saturated carbocycles. The van der Waals surface area contributed by atoms with Crippen LogP contribution in [0.25, 0.3) is 11.3 Å². The molecule has 1 aliphatic rings.